The van der Waals surface area contributed by atoms with Gasteiger partial charge >= 0.3 is 0 Å². The summed E-state index contributed by atoms with van der Waals surface area (Å²) in [6.07, 6.45) is 10.9. The van der Waals surface area contributed by atoms with E-state index in [1.165, 1.54) is 0 Å². The number of hydrogen-bond donors (Lipinski definition) is 0. The highest BCUT2D eigenvalue weighted by Crippen LogP contribution is 2.35. The first-order valence-corrected chi connectivity index (χ1v) is 10.2. The Morgan fingerprint density at radius 3 is 2.90 bits per heavy atom. The van der Waals surface area contributed by atoms with E-state index in [0.717, 1.165) is 29.9 Å². The second kappa shape index (κ2) is 8.04. The summed E-state index contributed by atoms with van der Waals surface area (Å²) in [5.74, 6) is 1.71. The van der Waals surface area contributed by atoms with Crippen LogP contribution in [0.2, 0.25) is 0 Å². The van der Waals surface area contributed by atoms with Crippen molar-refractivity contribution in [2.24, 2.45) is 21.8 Å². The SMILES string of the molecule is CCN1C=CC2C1=NC=NC2c1cnn(C(CC(C)C)c2cccc(C#N)c2)c1. The summed E-state index contributed by atoms with van der Waals surface area (Å²) in [5, 5.41) is 14.0. The van der Waals surface area contributed by atoms with Crippen LogP contribution >= 0.6 is 0 Å². The van der Waals surface area contributed by atoms with Crippen LogP contribution in [0.25, 0.3) is 0 Å². The minimum absolute atomic E-state index is 0.00538. The first kappa shape index (κ1) is 19.1. The Hall–Kier alpha value is -3.20. The molecule has 29 heavy (non-hydrogen) atoms. The van der Waals surface area contributed by atoms with Crippen LogP contribution in [0.4, 0.5) is 0 Å². The van der Waals surface area contributed by atoms with Crippen molar-refractivity contribution < 1.29 is 0 Å². The zero-order valence-corrected chi connectivity index (χ0v) is 17.1. The molecule has 0 bridgehead atoms. The predicted octanol–water partition coefficient (Wildman–Crippen LogP) is 4.34. The maximum absolute atomic E-state index is 9.29. The fourth-order valence-corrected chi connectivity index (χ4v) is 4.11. The van der Waals surface area contributed by atoms with Crippen LogP contribution in [-0.2, 0) is 0 Å². The number of rotatable bonds is 6. The second-order valence-electron chi connectivity index (χ2n) is 7.99. The van der Waals surface area contributed by atoms with Gasteiger partial charge in [-0.25, -0.2) is 4.99 Å². The molecule has 0 aliphatic carbocycles. The standard InChI is InChI=1S/C23H26N6/c1-4-28-9-8-20-22(25-15-26-23(20)28)19-13-27-29(14-19)21(10-16(2)3)18-7-5-6-17(11-18)12-24/h5-9,11,13-16,20-22H,4,10H2,1-3H3. The molecule has 0 fully saturated rings. The van der Waals surface area contributed by atoms with Gasteiger partial charge in [-0.3, -0.25) is 9.67 Å². The first-order valence-electron chi connectivity index (χ1n) is 10.2. The summed E-state index contributed by atoms with van der Waals surface area (Å²) in [4.78, 5) is 11.3. The number of fused-ring (bicyclic) bond motifs is 1. The highest BCUT2D eigenvalue weighted by Gasteiger charge is 2.34. The molecule has 3 heterocycles. The van der Waals surface area contributed by atoms with Gasteiger partial charge in [0.05, 0.1) is 35.8 Å². The van der Waals surface area contributed by atoms with Gasteiger partial charge in [0.2, 0.25) is 0 Å². The van der Waals surface area contributed by atoms with E-state index in [1.807, 2.05) is 29.1 Å². The topological polar surface area (TPSA) is 69.6 Å². The largest absolute Gasteiger partial charge is 0.336 e. The smallest absolute Gasteiger partial charge is 0.119 e. The number of nitriles is 1. The van der Waals surface area contributed by atoms with Crippen molar-refractivity contribution in [1.82, 2.24) is 14.7 Å². The molecule has 0 radical (unpaired) electrons. The molecule has 0 saturated heterocycles. The van der Waals surface area contributed by atoms with Gasteiger partial charge in [0.25, 0.3) is 0 Å². The Balaban J connectivity index is 1.64. The fourth-order valence-electron chi connectivity index (χ4n) is 4.11. The van der Waals surface area contributed by atoms with E-state index in [1.54, 1.807) is 6.34 Å². The van der Waals surface area contributed by atoms with Crippen LogP contribution in [0.15, 0.2) is 58.9 Å². The quantitative estimate of drug-likeness (QED) is 0.742. The van der Waals surface area contributed by atoms with E-state index in [2.05, 4.69) is 66.3 Å². The second-order valence-corrected chi connectivity index (χ2v) is 7.99. The number of aromatic nitrogens is 2. The van der Waals surface area contributed by atoms with E-state index >= 15 is 0 Å². The lowest BCUT2D eigenvalue weighted by Gasteiger charge is -2.25. The summed E-state index contributed by atoms with van der Waals surface area (Å²) in [5.41, 5.74) is 2.88. The minimum Gasteiger partial charge on any atom is -0.336 e. The first-order chi connectivity index (χ1) is 14.1. The average molecular weight is 387 g/mol. The van der Waals surface area contributed by atoms with E-state index in [4.69, 9.17) is 5.10 Å². The molecule has 2 aliphatic rings. The Kier molecular flexibility index (Phi) is 5.30. The molecule has 2 aliphatic heterocycles. The van der Waals surface area contributed by atoms with Crippen LogP contribution in [0, 0.1) is 23.2 Å². The number of amidine groups is 1. The van der Waals surface area contributed by atoms with Gasteiger partial charge in [0.1, 0.15) is 12.2 Å². The van der Waals surface area contributed by atoms with Crippen molar-refractivity contribution in [1.29, 1.82) is 5.26 Å². The third-order valence-corrected chi connectivity index (χ3v) is 5.54. The summed E-state index contributed by atoms with van der Waals surface area (Å²) in [6.45, 7) is 7.45. The fraction of sp³-hybridized carbons (Fsp3) is 0.391. The van der Waals surface area contributed by atoms with Gasteiger partial charge in [0, 0.05) is 24.5 Å². The number of nitrogens with zero attached hydrogens (tertiary/aromatic N) is 6. The molecule has 1 aromatic heterocycles. The van der Waals surface area contributed by atoms with Gasteiger partial charge in [-0.05, 0) is 37.0 Å². The highest BCUT2D eigenvalue weighted by molar-refractivity contribution is 5.96. The summed E-state index contributed by atoms with van der Waals surface area (Å²) in [6, 6.07) is 10.2. The molecule has 0 amide bonds. The van der Waals surface area contributed by atoms with Gasteiger partial charge in [0.15, 0.2) is 0 Å². The van der Waals surface area contributed by atoms with Gasteiger partial charge in [-0.15, -0.1) is 0 Å². The molecule has 3 atom stereocenters. The molecule has 2 aromatic rings. The summed E-state index contributed by atoms with van der Waals surface area (Å²) in [7, 11) is 0. The molecular formula is C23H26N6. The number of benzene rings is 1. The number of aliphatic imine (C=N–C) groups is 2. The molecule has 0 saturated carbocycles. The molecule has 4 rings (SSSR count). The molecule has 3 unspecified atom stereocenters. The molecular weight excluding hydrogens is 360 g/mol. The Bertz CT molecular complexity index is 1010. The normalized spacial score (nSPS) is 21.2. The maximum Gasteiger partial charge on any atom is 0.119 e. The van der Waals surface area contributed by atoms with Crippen molar-refractivity contribution in [2.45, 2.75) is 39.3 Å². The van der Waals surface area contributed by atoms with Crippen molar-refractivity contribution >= 4 is 12.2 Å². The number of hydrogen-bond acceptors (Lipinski definition) is 5. The van der Waals surface area contributed by atoms with Crippen LogP contribution in [0.1, 0.15) is 56.0 Å². The van der Waals surface area contributed by atoms with Crippen molar-refractivity contribution in [3.8, 4) is 6.07 Å². The average Bonchev–Trinajstić information content (AvgIpc) is 3.38. The molecule has 0 spiro atoms. The monoisotopic (exact) mass is 386 g/mol. The molecule has 0 N–H and O–H groups in total. The van der Waals surface area contributed by atoms with Crippen molar-refractivity contribution in [3.05, 3.63) is 65.6 Å². The Labute approximate surface area is 171 Å². The van der Waals surface area contributed by atoms with Crippen molar-refractivity contribution in [2.75, 3.05) is 6.54 Å². The van der Waals surface area contributed by atoms with Crippen LogP contribution < -0.4 is 0 Å². The predicted molar refractivity (Wildman–Crippen MR) is 115 cm³/mol. The molecule has 148 valence electrons. The van der Waals surface area contributed by atoms with Gasteiger partial charge in [-0.2, -0.15) is 10.4 Å². The third kappa shape index (κ3) is 3.73. The van der Waals surface area contributed by atoms with Crippen LogP contribution in [-0.4, -0.2) is 33.4 Å². The van der Waals surface area contributed by atoms with E-state index < -0.39 is 0 Å². The minimum atomic E-state index is -0.00538. The summed E-state index contributed by atoms with van der Waals surface area (Å²) >= 11 is 0. The molecule has 1 aromatic carbocycles. The third-order valence-electron chi connectivity index (χ3n) is 5.54. The highest BCUT2D eigenvalue weighted by atomic mass is 15.3. The zero-order chi connectivity index (χ0) is 20.4. The molecule has 6 heteroatoms. The lowest BCUT2D eigenvalue weighted by molar-refractivity contribution is 0.421. The zero-order valence-electron chi connectivity index (χ0n) is 17.1. The Morgan fingerprint density at radius 1 is 1.28 bits per heavy atom. The van der Waals surface area contributed by atoms with Gasteiger partial charge < -0.3 is 4.90 Å². The lowest BCUT2D eigenvalue weighted by Crippen LogP contribution is -2.30. The summed E-state index contributed by atoms with van der Waals surface area (Å²) < 4.78 is 2.03. The van der Waals surface area contributed by atoms with E-state index in [-0.39, 0.29) is 18.0 Å². The maximum atomic E-state index is 9.29. The molecule has 6 nitrogen and oxygen atoms in total. The Morgan fingerprint density at radius 2 is 2.14 bits per heavy atom. The van der Waals surface area contributed by atoms with E-state index in [9.17, 15) is 5.26 Å². The van der Waals surface area contributed by atoms with E-state index in [0.29, 0.717) is 11.5 Å². The van der Waals surface area contributed by atoms with Crippen LogP contribution in [0.5, 0.6) is 0 Å². The lowest BCUT2D eigenvalue weighted by atomic mass is 9.94. The van der Waals surface area contributed by atoms with Gasteiger partial charge in [-0.1, -0.05) is 32.1 Å². The van der Waals surface area contributed by atoms with Crippen molar-refractivity contribution in [3.63, 3.8) is 0 Å². The van der Waals surface area contributed by atoms with Crippen LogP contribution in [0.3, 0.4) is 0 Å².